The molecule has 9 heteroatoms. The van der Waals surface area contributed by atoms with E-state index in [1.165, 1.54) is 6.92 Å². The summed E-state index contributed by atoms with van der Waals surface area (Å²) in [5.41, 5.74) is 1.91. The van der Waals surface area contributed by atoms with E-state index < -0.39 is 33.6 Å². The largest absolute Gasteiger partial charge is 0.497 e. The number of halogens is 2. The Bertz CT molecular complexity index is 1060. The third-order valence-corrected chi connectivity index (χ3v) is 6.47. The van der Waals surface area contributed by atoms with Gasteiger partial charge >= 0.3 is 0 Å². The lowest BCUT2D eigenvalue weighted by molar-refractivity contribution is -0.122. The minimum atomic E-state index is -3.94. The van der Waals surface area contributed by atoms with Crippen molar-refractivity contribution in [3.05, 3.63) is 59.2 Å². The lowest BCUT2D eigenvalue weighted by atomic mass is 9.87. The second-order valence-electron chi connectivity index (χ2n) is 7.35. The third-order valence-electron chi connectivity index (χ3n) is 5.23. The van der Waals surface area contributed by atoms with Crippen LogP contribution in [-0.4, -0.2) is 33.7 Å². The predicted molar refractivity (Wildman–Crippen MR) is 110 cm³/mol. The number of aryl methyl sites for hydroxylation is 1. The van der Waals surface area contributed by atoms with Crippen molar-refractivity contribution in [2.24, 2.45) is 0 Å². The molecule has 0 spiro atoms. The molecule has 1 amide bonds. The van der Waals surface area contributed by atoms with E-state index in [2.05, 4.69) is 5.32 Å². The first-order chi connectivity index (χ1) is 14.1. The molecule has 1 aliphatic carbocycles. The minimum absolute atomic E-state index is 0.118. The molecule has 2 atom stereocenters. The summed E-state index contributed by atoms with van der Waals surface area (Å²) in [4.78, 5) is 12.9. The molecule has 0 aromatic heterocycles. The molecule has 2 aromatic carbocycles. The van der Waals surface area contributed by atoms with Crippen molar-refractivity contribution in [1.29, 1.82) is 0 Å². The van der Waals surface area contributed by atoms with E-state index in [0.29, 0.717) is 6.42 Å². The van der Waals surface area contributed by atoms with Crippen molar-refractivity contribution in [1.82, 2.24) is 5.32 Å². The molecule has 1 N–H and O–H groups in total. The van der Waals surface area contributed by atoms with Gasteiger partial charge in [0, 0.05) is 6.07 Å². The van der Waals surface area contributed by atoms with Crippen LogP contribution in [0.2, 0.25) is 0 Å². The molecule has 2 aromatic rings. The number of rotatable bonds is 6. The minimum Gasteiger partial charge on any atom is -0.497 e. The summed E-state index contributed by atoms with van der Waals surface area (Å²) in [6, 6.07) is 6.94. The molecule has 0 heterocycles. The van der Waals surface area contributed by atoms with Gasteiger partial charge in [-0.05, 0) is 61.6 Å². The fraction of sp³-hybridized carbons (Fsp3) is 0.381. The molecule has 1 aliphatic rings. The second kappa shape index (κ2) is 8.59. The van der Waals surface area contributed by atoms with Gasteiger partial charge in [0.15, 0.2) is 11.6 Å². The highest BCUT2D eigenvalue weighted by Crippen LogP contribution is 2.32. The molecular weight excluding hydrogens is 414 g/mol. The highest BCUT2D eigenvalue weighted by Gasteiger charge is 2.32. The smallest absolute Gasteiger partial charge is 0.244 e. The number of nitrogens with one attached hydrogen (secondary N) is 1. The Labute approximate surface area is 174 Å². The maximum Gasteiger partial charge on any atom is 0.244 e. The quantitative estimate of drug-likeness (QED) is 0.751. The zero-order valence-corrected chi connectivity index (χ0v) is 17.8. The average molecular weight is 438 g/mol. The molecule has 162 valence electrons. The summed E-state index contributed by atoms with van der Waals surface area (Å²) in [6.45, 7) is 1.41. The number of ether oxygens (including phenoxy) is 1. The zero-order chi connectivity index (χ0) is 22.1. The Balaban J connectivity index is 1.86. The van der Waals surface area contributed by atoms with Gasteiger partial charge < -0.3 is 10.1 Å². The van der Waals surface area contributed by atoms with E-state index in [-0.39, 0.29) is 11.7 Å². The van der Waals surface area contributed by atoms with Crippen LogP contribution in [0.5, 0.6) is 5.75 Å². The Morgan fingerprint density at radius 3 is 2.57 bits per heavy atom. The summed E-state index contributed by atoms with van der Waals surface area (Å²) in [5.74, 6) is -2.09. The molecule has 0 unspecified atom stereocenters. The van der Waals surface area contributed by atoms with Gasteiger partial charge in [-0.15, -0.1) is 0 Å². The maximum absolute atomic E-state index is 13.7. The number of benzene rings is 2. The van der Waals surface area contributed by atoms with Crippen molar-refractivity contribution >= 4 is 21.6 Å². The maximum atomic E-state index is 13.7. The van der Waals surface area contributed by atoms with E-state index in [1.54, 1.807) is 7.11 Å². The fourth-order valence-corrected chi connectivity index (χ4v) is 4.96. The first-order valence-corrected chi connectivity index (χ1v) is 11.4. The molecule has 0 bridgehead atoms. The lowest BCUT2D eigenvalue weighted by Crippen LogP contribution is -2.49. The topological polar surface area (TPSA) is 75.7 Å². The van der Waals surface area contributed by atoms with E-state index in [4.69, 9.17) is 4.74 Å². The standard InChI is InChI=1S/C21H24F2N2O4S/c1-13(25(30(3,27)28)15-7-10-18(22)19(23)12-15)21(26)24-20-6-4-5-14-11-16(29-2)8-9-17(14)20/h7-13,20H,4-6H2,1-3H3,(H,24,26)/t13-,20-/m0/s1. The third kappa shape index (κ3) is 4.56. The predicted octanol–water partition coefficient (Wildman–Crippen LogP) is 3.32. The number of sulfonamides is 1. The van der Waals surface area contributed by atoms with Gasteiger partial charge in [0.1, 0.15) is 11.8 Å². The van der Waals surface area contributed by atoms with Crippen LogP contribution < -0.4 is 14.4 Å². The summed E-state index contributed by atoms with van der Waals surface area (Å²) < 4.78 is 57.7. The van der Waals surface area contributed by atoms with Crippen molar-refractivity contribution in [2.75, 3.05) is 17.7 Å². The highest BCUT2D eigenvalue weighted by molar-refractivity contribution is 7.92. The Morgan fingerprint density at radius 2 is 1.93 bits per heavy atom. The number of carbonyl (C=O) groups is 1. The number of carbonyl (C=O) groups excluding carboxylic acids is 1. The second-order valence-corrected chi connectivity index (χ2v) is 9.21. The van der Waals surface area contributed by atoms with Crippen LogP contribution in [0.4, 0.5) is 14.5 Å². The van der Waals surface area contributed by atoms with Gasteiger partial charge in [0.05, 0.1) is 25.1 Å². The van der Waals surface area contributed by atoms with Crippen molar-refractivity contribution in [3.63, 3.8) is 0 Å². The van der Waals surface area contributed by atoms with Crippen LogP contribution in [0.25, 0.3) is 0 Å². The number of hydrogen-bond acceptors (Lipinski definition) is 4. The number of amides is 1. The number of anilines is 1. The number of hydrogen-bond donors (Lipinski definition) is 1. The molecule has 0 aliphatic heterocycles. The molecule has 0 radical (unpaired) electrons. The molecular formula is C21H24F2N2O4S. The van der Waals surface area contributed by atoms with E-state index in [9.17, 15) is 22.0 Å². The molecule has 0 fully saturated rings. The van der Waals surface area contributed by atoms with Crippen LogP contribution in [0, 0.1) is 11.6 Å². The van der Waals surface area contributed by atoms with Gasteiger partial charge in [-0.3, -0.25) is 9.10 Å². The Kier molecular flexibility index (Phi) is 6.30. The van der Waals surface area contributed by atoms with E-state index in [0.717, 1.165) is 58.5 Å². The monoisotopic (exact) mass is 438 g/mol. The Morgan fingerprint density at radius 1 is 1.20 bits per heavy atom. The first kappa shape index (κ1) is 22.0. The zero-order valence-electron chi connectivity index (χ0n) is 17.0. The molecule has 6 nitrogen and oxygen atoms in total. The van der Waals surface area contributed by atoms with E-state index >= 15 is 0 Å². The van der Waals surface area contributed by atoms with Gasteiger partial charge in [0.25, 0.3) is 0 Å². The average Bonchev–Trinajstić information content (AvgIpc) is 2.69. The van der Waals surface area contributed by atoms with Crippen LogP contribution in [0.1, 0.15) is 36.9 Å². The normalized spacial score (nSPS) is 17.0. The van der Waals surface area contributed by atoms with Crippen molar-refractivity contribution in [3.8, 4) is 5.75 Å². The first-order valence-electron chi connectivity index (χ1n) is 9.53. The van der Waals surface area contributed by atoms with Gasteiger partial charge in [-0.25, -0.2) is 17.2 Å². The summed E-state index contributed by atoms with van der Waals surface area (Å²) in [6.07, 6.45) is 3.35. The summed E-state index contributed by atoms with van der Waals surface area (Å²) in [7, 11) is -2.35. The SMILES string of the molecule is COc1ccc2c(c1)CCC[C@@H]2NC(=O)[C@H](C)N(c1ccc(F)c(F)c1)S(C)(=O)=O. The molecule has 0 saturated carbocycles. The van der Waals surface area contributed by atoms with E-state index in [1.807, 2.05) is 18.2 Å². The summed E-state index contributed by atoms with van der Waals surface area (Å²) in [5, 5.41) is 2.91. The van der Waals surface area contributed by atoms with Crippen LogP contribution in [0.3, 0.4) is 0 Å². The number of fused-ring (bicyclic) bond motifs is 1. The fourth-order valence-electron chi connectivity index (χ4n) is 3.79. The van der Waals surface area contributed by atoms with Crippen LogP contribution >= 0.6 is 0 Å². The van der Waals surface area contributed by atoms with Gasteiger partial charge in [0.2, 0.25) is 15.9 Å². The van der Waals surface area contributed by atoms with Crippen molar-refractivity contribution in [2.45, 2.75) is 38.3 Å². The lowest BCUT2D eigenvalue weighted by Gasteiger charge is -2.32. The van der Waals surface area contributed by atoms with Gasteiger partial charge in [-0.1, -0.05) is 6.07 Å². The van der Waals surface area contributed by atoms with Crippen molar-refractivity contribution < 1.29 is 26.7 Å². The summed E-state index contributed by atoms with van der Waals surface area (Å²) >= 11 is 0. The number of methoxy groups -OCH3 is 1. The van der Waals surface area contributed by atoms with Crippen LogP contribution in [-0.2, 0) is 21.2 Å². The molecule has 3 rings (SSSR count). The van der Waals surface area contributed by atoms with Gasteiger partial charge in [-0.2, -0.15) is 0 Å². The van der Waals surface area contributed by atoms with Crippen LogP contribution in [0.15, 0.2) is 36.4 Å². The molecule has 0 saturated heterocycles. The number of nitrogens with zero attached hydrogens (tertiary/aromatic N) is 1. The molecule has 30 heavy (non-hydrogen) atoms. The highest BCUT2D eigenvalue weighted by atomic mass is 32.2. The Hall–Kier alpha value is -2.68.